The molecule has 1 aromatic heterocycles. The molecular weight excluding hydrogens is 327 g/mol. The van der Waals surface area contributed by atoms with Gasteiger partial charge in [-0.05, 0) is 25.1 Å². The molecule has 104 valence electrons. The topological polar surface area (TPSA) is 51.2 Å². The second-order valence-electron chi connectivity index (χ2n) is 3.94. The van der Waals surface area contributed by atoms with Gasteiger partial charge in [-0.15, -0.1) is 0 Å². The van der Waals surface area contributed by atoms with Crippen LogP contribution in [0.4, 0.5) is 4.39 Å². The van der Waals surface area contributed by atoms with E-state index >= 15 is 0 Å². The van der Waals surface area contributed by atoms with Crippen LogP contribution >= 0.6 is 15.9 Å². The normalized spacial score (nSPS) is 10.2. The summed E-state index contributed by atoms with van der Waals surface area (Å²) < 4.78 is 19.3. The lowest BCUT2D eigenvalue weighted by atomic mass is 10.3. The summed E-state index contributed by atoms with van der Waals surface area (Å²) >= 11 is 3.19. The van der Waals surface area contributed by atoms with E-state index in [4.69, 9.17) is 4.74 Å². The van der Waals surface area contributed by atoms with E-state index in [0.29, 0.717) is 22.5 Å². The molecule has 0 aliphatic carbocycles. The lowest BCUT2D eigenvalue weighted by Gasteiger charge is -2.08. The van der Waals surface area contributed by atoms with Crippen molar-refractivity contribution in [2.24, 2.45) is 0 Å². The first-order valence-electron chi connectivity index (χ1n) is 5.96. The maximum atomic E-state index is 13.3. The Hall–Kier alpha value is -1.95. The number of benzene rings is 1. The van der Waals surface area contributed by atoms with Gasteiger partial charge in [0.05, 0.1) is 0 Å². The minimum atomic E-state index is -0.410. The highest BCUT2D eigenvalue weighted by Gasteiger charge is 2.08. The molecular formula is C14H12BrFN2O2. The van der Waals surface area contributed by atoms with E-state index < -0.39 is 5.82 Å². The predicted octanol–water partition coefficient (Wildman–Crippen LogP) is 3.53. The summed E-state index contributed by atoms with van der Waals surface area (Å²) in [5.74, 6) is 0.0643. The Kier molecular flexibility index (Phi) is 4.68. The van der Waals surface area contributed by atoms with Crippen molar-refractivity contribution in [3.63, 3.8) is 0 Å². The molecule has 0 saturated heterocycles. The molecule has 20 heavy (non-hydrogen) atoms. The van der Waals surface area contributed by atoms with Gasteiger partial charge in [0.2, 0.25) is 0 Å². The molecule has 6 heteroatoms. The minimum Gasteiger partial charge on any atom is -0.457 e. The first-order chi connectivity index (χ1) is 9.58. The number of aromatic nitrogens is 1. The summed E-state index contributed by atoms with van der Waals surface area (Å²) in [7, 11) is 0. The fourth-order valence-electron chi connectivity index (χ4n) is 1.57. The van der Waals surface area contributed by atoms with Crippen LogP contribution in [0.5, 0.6) is 11.5 Å². The summed E-state index contributed by atoms with van der Waals surface area (Å²) in [6, 6.07) is 7.33. The highest BCUT2D eigenvalue weighted by Crippen LogP contribution is 2.26. The Bertz CT molecular complexity index is 614. The Labute approximate surface area is 124 Å². The van der Waals surface area contributed by atoms with Crippen LogP contribution in [0.25, 0.3) is 0 Å². The van der Waals surface area contributed by atoms with E-state index in [-0.39, 0.29) is 11.6 Å². The molecule has 0 aliphatic rings. The van der Waals surface area contributed by atoms with Gasteiger partial charge in [-0.2, -0.15) is 0 Å². The van der Waals surface area contributed by atoms with Crippen molar-refractivity contribution in [1.82, 2.24) is 10.3 Å². The van der Waals surface area contributed by atoms with Gasteiger partial charge in [0, 0.05) is 29.3 Å². The molecule has 1 aromatic carbocycles. The number of rotatable bonds is 4. The number of carbonyl (C=O) groups is 1. The molecule has 0 saturated carbocycles. The van der Waals surface area contributed by atoms with Gasteiger partial charge >= 0.3 is 0 Å². The predicted molar refractivity (Wildman–Crippen MR) is 76.4 cm³/mol. The number of ether oxygens (including phenoxy) is 1. The van der Waals surface area contributed by atoms with Crippen LogP contribution in [0.3, 0.4) is 0 Å². The number of hydrogen-bond acceptors (Lipinski definition) is 3. The fraction of sp³-hybridized carbons (Fsp3) is 0.143. The highest BCUT2D eigenvalue weighted by atomic mass is 79.9. The fourth-order valence-corrected chi connectivity index (χ4v) is 2.02. The summed E-state index contributed by atoms with van der Waals surface area (Å²) in [5.41, 5.74) is 0.250. The maximum absolute atomic E-state index is 13.3. The Morgan fingerprint density at radius 1 is 1.35 bits per heavy atom. The molecule has 0 atom stereocenters. The Morgan fingerprint density at radius 2 is 2.15 bits per heavy atom. The Balaban J connectivity index is 2.21. The zero-order chi connectivity index (χ0) is 14.5. The number of carbonyl (C=O) groups excluding carboxylic acids is 1. The van der Waals surface area contributed by atoms with Crippen LogP contribution in [0.1, 0.15) is 17.4 Å². The van der Waals surface area contributed by atoms with E-state index in [2.05, 4.69) is 26.2 Å². The van der Waals surface area contributed by atoms with E-state index in [0.717, 1.165) is 0 Å². The molecule has 1 amide bonds. The van der Waals surface area contributed by atoms with Crippen molar-refractivity contribution in [2.45, 2.75) is 6.92 Å². The number of pyridine rings is 1. The third-order valence-electron chi connectivity index (χ3n) is 2.37. The maximum Gasteiger partial charge on any atom is 0.270 e. The van der Waals surface area contributed by atoms with Crippen LogP contribution in [-0.2, 0) is 0 Å². The summed E-state index contributed by atoms with van der Waals surface area (Å²) in [4.78, 5) is 15.6. The van der Waals surface area contributed by atoms with E-state index in [1.165, 1.54) is 24.4 Å². The molecule has 0 fully saturated rings. The average Bonchev–Trinajstić information content (AvgIpc) is 2.38. The monoisotopic (exact) mass is 338 g/mol. The summed E-state index contributed by atoms with van der Waals surface area (Å²) in [6.07, 6.45) is 1.47. The lowest BCUT2D eigenvalue weighted by molar-refractivity contribution is 0.0950. The number of nitrogens with zero attached hydrogens (tertiary/aromatic N) is 1. The lowest BCUT2D eigenvalue weighted by Crippen LogP contribution is -2.23. The molecule has 4 nitrogen and oxygen atoms in total. The molecule has 0 spiro atoms. The van der Waals surface area contributed by atoms with Crippen LogP contribution in [0.2, 0.25) is 0 Å². The first kappa shape index (κ1) is 14.5. The van der Waals surface area contributed by atoms with Gasteiger partial charge < -0.3 is 10.1 Å². The van der Waals surface area contributed by atoms with Crippen LogP contribution in [0.15, 0.2) is 41.0 Å². The van der Waals surface area contributed by atoms with Crippen molar-refractivity contribution in [3.8, 4) is 11.5 Å². The zero-order valence-electron chi connectivity index (χ0n) is 10.7. The van der Waals surface area contributed by atoms with Crippen molar-refractivity contribution in [1.29, 1.82) is 0 Å². The first-order valence-corrected chi connectivity index (χ1v) is 6.76. The van der Waals surface area contributed by atoms with E-state index in [1.807, 2.05) is 6.92 Å². The second kappa shape index (κ2) is 6.47. The number of halogens is 2. The average molecular weight is 339 g/mol. The van der Waals surface area contributed by atoms with E-state index in [1.54, 1.807) is 12.1 Å². The molecule has 0 unspecified atom stereocenters. The molecule has 0 bridgehead atoms. The molecule has 1 N–H and O–H groups in total. The standard InChI is InChI=1S/C14H12BrFN2O2/c1-2-17-14(19)13-8-11(3-4-18-13)20-12-6-9(15)5-10(16)7-12/h3-8H,2H2,1H3,(H,17,19). The van der Waals surface area contributed by atoms with Gasteiger partial charge in [0.25, 0.3) is 5.91 Å². The van der Waals surface area contributed by atoms with Gasteiger partial charge in [0.15, 0.2) is 0 Å². The highest BCUT2D eigenvalue weighted by molar-refractivity contribution is 9.10. The van der Waals surface area contributed by atoms with E-state index in [9.17, 15) is 9.18 Å². The third kappa shape index (κ3) is 3.77. The second-order valence-corrected chi connectivity index (χ2v) is 4.86. The molecule has 0 aliphatic heterocycles. The van der Waals surface area contributed by atoms with Crippen molar-refractivity contribution < 1.29 is 13.9 Å². The Morgan fingerprint density at radius 3 is 2.85 bits per heavy atom. The smallest absolute Gasteiger partial charge is 0.270 e. The van der Waals surface area contributed by atoms with Gasteiger partial charge in [-0.3, -0.25) is 9.78 Å². The van der Waals surface area contributed by atoms with Gasteiger partial charge in [-0.25, -0.2) is 4.39 Å². The summed E-state index contributed by atoms with van der Waals surface area (Å²) in [6.45, 7) is 2.34. The molecule has 1 heterocycles. The summed E-state index contributed by atoms with van der Waals surface area (Å²) in [5, 5.41) is 2.65. The van der Waals surface area contributed by atoms with Crippen molar-refractivity contribution in [3.05, 3.63) is 52.5 Å². The minimum absolute atomic E-state index is 0.250. The van der Waals surface area contributed by atoms with Crippen molar-refractivity contribution >= 4 is 21.8 Å². The number of hydrogen-bond donors (Lipinski definition) is 1. The molecule has 2 rings (SSSR count). The van der Waals surface area contributed by atoms with Gasteiger partial charge in [-0.1, -0.05) is 15.9 Å². The van der Waals surface area contributed by atoms with Crippen LogP contribution < -0.4 is 10.1 Å². The van der Waals surface area contributed by atoms with Crippen molar-refractivity contribution in [2.75, 3.05) is 6.54 Å². The number of amides is 1. The largest absolute Gasteiger partial charge is 0.457 e. The van der Waals surface area contributed by atoms with Gasteiger partial charge in [0.1, 0.15) is 23.0 Å². The third-order valence-corrected chi connectivity index (χ3v) is 2.83. The quantitative estimate of drug-likeness (QED) is 0.927. The number of nitrogens with one attached hydrogen (secondary N) is 1. The SMILES string of the molecule is CCNC(=O)c1cc(Oc2cc(F)cc(Br)c2)ccn1. The van der Waals surface area contributed by atoms with Crippen LogP contribution in [0, 0.1) is 5.82 Å². The molecule has 0 radical (unpaired) electrons. The molecule has 2 aromatic rings. The zero-order valence-corrected chi connectivity index (χ0v) is 12.3. The van der Waals surface area contributed by atoms with Crippen LogP contribution in [-0.4, -0.2) is 17.4 Å².